The van der Waals surface area contributed by atoms with Crippen LogP contribution >= 0.6 is 0 Å². The number of carbonyl (C=O) groups is 4. The summed E-state index contributed by atoms with van der Waals surface area (Å²) in [4.78, 5) is 45.9. The SMILES string of the molecule is COC1OC(Cn2cc(COCCOCCOCCNC(=O)CC#N)nn2)C(CC(=O)O)C(CC(=O)O)C1CC(=O)O. The number of nitrogens with zero attached hydrogens (tertiary/aromatic N) is 4. The van der Waals surface area contributed by atoms with Gasteiger partial charge in [-0.05, 0) is 5.92 Å². The van der Waals surface area contributed by atoms with Gasteiger partial charge in [0.15, 0.2) is 6.29 Å². The molecule has 1 aromatic rings. The fourth-order valence-corrected chi connectivity index (χ4v) is 4.71. The van der Waals surface area contributed by atoms with Crippen molar-refractivity contribution in [2.45, 2.75) is 51.2 Å². The first-order valence-electron chi connectivity index (χ1n) is 13.2. The maximum Gasteiger partial charge on any atom is 0.303 e. The number of rotatable bonds is 21. The lowest BCUT2D eigenvalue weighted by atomic mass is 9.71. The molecule has 1 saturated heterocycles. The van der Waals surface area contributed by atoms with Gasteiger partial charge in [-0.15, -0.1) is 5.10 Å². The summed E-state index contributed by atoms with van der Waals surface area (Å²) in [5.74, 6) is -6.39. The number of carboxylic acid groups (broad SMARTS) is 3. The van der Waals surface area contributed by atoms with Crippen LogP contribution in [-0.2, 0) is 56.0 Å². The number of aliphatic carboxylic acids is 3. The van der Waals surface area contributed by atoms with Gasteiger partial charge in [0.1, 0.15) is 12.1 Å². The molecular formula is C25H37N5O12. The van der Waals surface area contributed by atoms with E-state index in [2.05, 4.69) is 15.6 Å². The molecule has 4 N–H and O–H groups in total. The van der Waals surface area contributed by atoms with Crippen molar-refractivity contribution in [3.63, 3.8) is 0 Å². The van der Waals surface area contributed by atoms with E-state index in [0.717, 1.165) is 0 Å². The summed E-state index contributed by atoms with van der Waals surface area (Å²) in [7, 11) is 1.31. The largest absolute Gasteiger partial charge is 0.481 e. The Bertz CT molecular complexity index is 1060. The van der Waals surface area contributed by atoms with Crippen LogP contribution in [0, 0.1) is 29.1 Å². The summed E-state index contributed by atoms with van der Waals surface area (Å²) in [6, 6.07) is 1.75. The van der Waals surface area contributed by atoms with Crippen molar-refractivity contribution < 1.29 is 58.2 Å². The average molecular weight is 600 g/mol. The van der Waals surface area contributed by atoms with Crippen LogP contribution in [0.1, 0.15) is 31.4 Å². The van der Waals surface area contributed by atoms with Gasteiger partial charge in [0.2, 0.25) is 5.91 Å². The number of amides is 1. The third kappa shape index (κ3) is 12.4. The van der Waals surface area contributed by atoms with E-state index in [0.29, 0.717) is 38.7 Å². The monoisotopic (exact) mass is 599 g/mol. The summed E-state index contributed by atoms with van der Waals surface area (Å²) in [5, 5.41) is 47.4. The molecule has 42 heavy (non-hydrogen) atoms. The second-order valence-corrected chi connectivity index (χ2v) is 9.46. The number of carboxylic acids is 3. The highest BCUT2D eigenvalue weighted by molar-refractivity contribution is 5.77. The topological polar surface area (TPSA) is 242 Å². The van der Waals surface area contributed by atoms with E-state index < -0.39 is 67.3 Å². The zero-order valence-corrected chi connectivity index (χ0v) is 23.3. The number of aromatic nitrogens is 3. The number of methoxy groups -OCH3 is 1. The Labute approximate surface area is 241 Å². The maximum atomic E-state index is 11.7. The third-order valence-corrected chi connectivity index (χ3v) is 6.45. The van der Waals surface area contributed by atoms with Crippen molar-refractivity contribution in [1.29, 1.82) is 5.26 Å². The van der Waals surface area contributed by atoms with Crippen LogP contribution in [-0.4, -0.2) is 113 Å². The minimum Gasteiger partial charge on any atom is -0.481 e. The van der Waals surface area contributed by atoms with E-state index in [1.165, 1.54) is 11.8 Å². The van der Waals surface area contributed by atoms with Crippen molar-refractivity contribution in [3.05, 3.63) is 11.9 Å². The molecule has 0 spiro atoms. The lowest BCUT2D eigenvalue weighted by Gasteiger charge is -2.45. The van der Waals surface area contributed by atoms with Crippen LogP contribution in [0.2, 0.25) is 0 Å². The molecule has 5 unspecified atom stereocenters. The van der Waals surface area contributed by atoms with Crippen molar-refractivity contribution in [3.8, 4) is 6.07 Å². The number of carbonyl (C=O) groups excluding carboxylic acids is 1. The number of hydrogen-bond acceptors (Lipinski definition) is 12. The van der Waals surface area contributed by atoms with Crippen LogP contribution in [0.15, 0.2) is 6.20 Å². The predicted octanol–water partition coefficient (Wildman–Crippen LogP) is -0.498. The van der Waals surface area contributed by atoms with Gasteiger partial charge in [0.25, 0.3) is 0 Å². The first-order valence-corrected chi connectivity index (χ1v) is 13.2. The number of hydrogen-bond donors (Lipinski definition) is 4. The molecule has 234 valence electrons. The van der Waals surface area contributed by atoms with Crippen molar-refractivity contribution >= 4 is 23.8 Å². The molecule has 0 bridgehead atoms. The van der Waals surface area contributed by atoms with Crippen molar-refractivity contribution in [2.75, 3.05) is 46.7 Å². The molecule has 1 aliphatic rings. The second kappa shape index (κ2) is 18.7. The molecule has 1 aromatic heterocycles. The number of ether oxygens (including phenoxy) is 5. The van der Waals surface area contributed by atoms with Gasteiger partial charge >= 0.3 is 17.9 Å². The van der Waals surface area contributed by atoms with E-state index >= 15 is 0 Å². The summed E-state index contributed by atoms with van der Waals surface area (Å²) in [6.45, 7) is 1.96. The first kappa shape index (κ1) is 34.5. The molecule has 0 saturated carbocycles. The van der Waals surface area contributed by atoms with E-state index in [1.807, 2.05) is 0 Å². The molecule has 0 radical (unpaired) electrons. The number of nitrogens with one attached hydrogen (secondary N) is 1. The zero-order valence-electron chi connectivity index (χ0n) is 23.3. The summed E-state index contributed by atoms with van der Waals surface area (Å²) >= 11 is 0. The highest BCUT2D eigenvalue weighted by atomic mass is 16.7. The standard InChI is InChI=1S/C25H37N5O12/c1-38-25-19(12-24(36)37)17(10-22(32)33)18(11-23(34)35)20(42-25)14-30-13-16(28-29-30)15-41-9-8-40-7-6-39-5-4-27-21(31)2-3-26/h13,17-20,25H,2,4-12,14-15H2,1H3,(H,27,31)(H,32,33)(H,34,35)(H,36,37). The Kier molecular flexibility index (Phi) is 15.4. The normalized spacial score (nSPS) is 21.9. The lowest BCUT2D eigenvalue weighted by molar-refractivity contribution is -0.253. The molecule has 1 fully saturated rings. The zero-order chi connectivity index (χ0) is 30.9. The average Bonchev–Trinajstić information content (AvgIpc) is 3.36. The van der Waals surface area contributed by atoms with Crippen LogP contribution in [0.25, 0.3) is 0 Å². The smallest absolute Gasteiger partial charge is 0.303 e. The minimum absolute atomic E-state index is 0.0336. The molecule has 2 rings (SSSR count). The van der Waals surface area contributed by atoms with E-state index in [1.54, 1.807) is 12.3 Å². The predicted molar refractivity (Wildman–Crippen MR) is 137 cm³/mol. The minimum atomic E-state index is -1.18. The van der Waals surface area contributed by atoms with Gasteiger partial charge in [-0.3, -0.25) is 19.2 Å². The third-order valence-electron chi connectivity index (χ3n) is 6.45. The molecule has 1 aliphatic heterocycles. The molecule has 1 amide bonds. The first-order chi connectivity index (χ1) is 20.1. The van der Waals surface area contributed by atoms with Gasteiger partial charge in [0, 0.05) is 31.9 Å². The molecule has 0 aromatic carbocycles. The van der Waals surface area contributed by atoms with E-state index in [-0.39, 0.29) is 32.1 Å². The summed E-state index contributed by atoms with van der Waals surface area (Å²) in [5.41, 5.74) is 0.483. The Morgan fingerprint density at radius 2 is 1.55 bits per heavy atom. The summed E-state index contributed by atoms with van der Waals surface area (Å²) < 4.78 is 29.0. The van der Waals surface area contributed by atoms with Crippen LogP contribution in [0.4, 0.5) is 0 Å². The van der Waals surface area contributed by atoms with Crippen molar-refractivity contribution in [2.24, 2.45) is 17.8 Å². The van der Waals surface area contributed by atoms with Crippen LogP contribution in [0.3, 0.4) is 0 Å². The summed E-state index contributed by atoms with van der Waals surface area (Å²) in [6.07, 6.45) is -1.80. The molecule has 17 heteroatoms. The molecule has 2 heterocycles. The number of nitriles is 1. The second-order valence-electron chi connectivity index (χ2n) is 9.46. The molecule has 5 atom stereocenters. The fraction of sp³-hybridized carbons (Fsp3) is 0.720. The van der Waals surface area contributed by atoms with Gasteiger partial charge in [0.05, 0.1) is 77.4 Å². The van der Waals surface area contributed by atoms with E-state index in [9.17, 15) is 34.5 Å². The van der Waals surface area contributed by atoms with Gasteiger partial charge in [-0.2, -0.15) is 5.26 Å². The molecular weight excluding hydrogens is 562 g/mol. The maximum absolute atomic E-state index is 11.7. The van der Waals surface area contributed by atoms with Crippen molar-refractivity contribution in [1.82, 2.24) is 20.3 Å². The molecule has 0 aliphatic carbocycles. The van der Waals surface area contributed by atoms with Gasteiger partial charge in [-0.25, -0.2) is 4.68 Å². The Balaban J connectivity index is 1.82. The van der Waals surface area contributed by atoms with Crippen LogP contribution < -0.4 is 5.32 Å². The highest BCUT2D eigenvalue weighted by Crippen LogP contribution is 2.42. The van der Waals surface area contributed by atoms with Gasteiger partial charge in [-0.1, -0.05) is 5.21 Å². The Hall–Kier alpha value is -3.69. The van der Waals surface area contributed by atoms with E-state index in [4.69, 9.17) is 28.9 Å². The highest BCUT2D eigenvalue weighted by Gasteiger charge is 2.48. The van der Waals surface area contributed by atoms with Gasteiger partial charge < -0.3 is 44.3 Å². The lowest BCUT2D eigenvalue weighted by Crippen LogP contribution is -2.51. The molecule has 17 nitrogen and oxygen atoms in total. The Morgan fingerprint density at radius 3 is 2.17 bits per heavy atom. The van der Waals surface area contributed by atoms with Crippen LogP contribution in [0.5, 0.6) is 0 Å². The Morgan fingerprint density at radius 1 is 0.952 bits per heavy atom. The quantitative estimate of drug-likeness (QED) is 0.130. The fourth-order valence-electron chi connectivity index (χ4n) is 4.71.